The minimum Gasteiger partial charge on any atom is -0.361 e. The standard InChI is InChI=1S/C13H20N2O/c1-2-4-12-11(3-1)13(16-15-12)9-10-5-7-14-8-6-10/h10,14H,1-9H2. The Kier molecular flexibility index (Phi) is 2.96. The SMILES string of the molecule is C1CCc2c(noc2CC2CCNCC2)C1. The van der Waals surface area contributed by atoms with Crippen molar-refractivity contribution in [3.05, 3.63) is 17.0 Å². The fraction of sp³-hybridized carbons (Fsp3) is 0.769. The molecule has 1 N–H and O–H groups in total. The molecule has 1 saturated heterocycles. The molecule has 88 valence electrons. The number of hydrogen-bond acceptors (Lipinski definition) is 3. The molecular formula is C13H20N2O. The Morgan fingerprint density at radius 2 is 2.00 bits per heavy atom. The summed E-state index contributed by atoms with van der Waals surface area (Å²) in [7, 11) is 0. The highest BCUT2D eigenvalue weighted by Crippen LogP contribution is 2.27. The summed E-state index contributed by atoms with van der Waals surface area (Å²) in [4.78, 5) is 0. The first-order chi connectivity index (χ1) is 7.93. The summed E-state index contributed by atoms with van der Waals surface area (Å²) in [5.41, 5.74) is 2.69. The number of fused-ring (bicyclic) bond motifs is 1. The average Bonchev–Trinajstić information content (AvgIpc) is 2.74. The van der Waals surface area contributed by atoms with E-state index in [-0.39, 0.29) is 0 Å². The van der Waals surface area contributed by atoms with Gasteiger partial charge >= 0.3 is 0 Å². The zero-order chi connectivity index (χ0) is 10.8. The van der Waals surface area contributed by atoms with E-state index in [0.29, 0.717) is 0 Å². The third kappa shape index (κ3) is 2.01. The highest BCUT2D eigenvalue weighted by atomic mass is 16.5. The lowest BCUT2D eigenvalue weighted by atomic mass is 9.89. The number of nitrogens with one attached hydrogen (secondary N) is 1. The fourth-order valence-corrected chi connectivity index (χ4v) is 2.96. The summed E-state index contributed by atoms with van der Waals surface area (Å²) < 4.78 is 5.55. The summed E-state index contributed by atoms with van der Waals surface area (Å²) in [6, 6.07) is 0. The van der Waals surface area contributed by atoms with Gasteiger partial charge in [0.2, 0.25) is 0 Å². The maximum absolute atomic E-state index is 5.55. The first kappa shape index (κ1) is 10.3. The molecule has 2 heterocycles. The van der Waals surface area contributed by atoms with Gasteiger partial charge in [0.15, 0.2) is 0 Å². The molecule has 16 heavy (non-hydrogen) atoms. The molecule has 0 aromatic carbocycles. The van der Waals surface area contributed by atoms with Crippen LogP contribution in [0.1, 0.15) is 42.7 Å². The van der Waals surface area contributed by atoms with Gasteiger partial charge in [-0.15, -0.1) is 0 Å². The zero-order valence-electron chi connectivity index (χ0n) is 9.80. The second kappa shape index (κ2) is 4.58. The Morgan fingerprint density at radius 1 is 1.19 bits per heavy atom. The van der Waals surface area contributed by atoms with E-state index < -0.39 is 0 Å². The van der Waals surface area contributed by atoms with Crippen molar-refractivity contribution in [3.8, 4) is 0 Å². The Hall–Kier alpha value is -0.830. The molecule has 3 rings (SSSR count). The molecule has 1 aliphatic heterocycles. The molecule has 3 heteroatoms. The van der Waals surface area contributed by atoms with Crippen molar-refractivity contribution < 1.29 is 4.52 Å². The van der Waals surface area contributed by atoms with Gasteiger partial charge in [-0.25, -0.2) is 0 Å². The molecule has 3 nitrogen and oxygen atoms in total. The van der Waals surface area contributed by atoms with Gasteiger partial charge in [-0.3, -0.25) is 0 Å². The van der Waals surface area contributed by atoms with E-state index in [4.69, 9.17) is 4.52 Å². The van der Waals surface area contributed by atoms with Crippen LogP contribution >= 0.6 is 0 Å². The van der Waals surface area contributed by atoms with E-state index in [1.165, 1.54) is 62.2 Å². The van der Waals surface area contributed by atoms with Crippen molar-refractivity contribution in [3.63, 3.8) is 0 Å². The molecule has 0 bridgehead atoms. The summed E-state index contributed by atoms with van der Waals surface area (Å²) in [5, 5.41) is 7.64. The van der Waals surface area contributed by atoms with Gasteiger partial charge in [-0.1, -0.05) is 5.16 Å². The van der Waals surface area contributed by atoms with Crippen molar-refractivity contribution in [2.45, 2.75) is 44.9 Å². The smallest absolute Gasteiger partial charge is 0.140 e. The number of rotatable bonds is 2. The van der Waals surface area contributed by atoms with Crippen LogP contribution in [0.4, 0.5) is 0 Å². The van der Waals surface area contributed by atoms with Crippen LogP contribution in [0.3, 0.4) is 0 Å². The molecular weight excluding hydrogens is 200 g/mol. The maximum Gasteiger partial charge on any atom is 0.140 e. The highest BCUT2D eigenvalue weighted by molar-refractivity contribution is 5.25. The zero-order valence-corrected chi connectivity index (χ0v) is 9.80. The second-order valence-electron chi connectivity index (χ2n) is 5.14. The van der Waals surface area contributed by atoms with Crippen LogP contribution in [0, 0.1) is 5.92 Å². The Balaban J connectivity index is 1.71. The van der Waals surface area contributed by atoms with Crippen molar-refractivity contribution in [2.75, 3.05) is 13.1 Å². The Labute approximate surface area is 96.6 Å². The van der Waals surface area contributed by atoms with Crippen molar-refractivity contribution in [1.29, 1.82) is 0 Å². The van der Waals surface area contributed by atoms with Crippen LogP contribution in [0.5, 0.6) is 0 Å². The lowest BCUT2D eigenvalue weighted by molar-refractivity contribution is 0.316. The minimum atomic E-state index is 0.806. The third-order valence-corrected chi connectivity index (χ3v) is 3.97. The first-order valence-corrected chi connectivity index (χ1v) is 6.60. The number of aromatic nitrogens is 1. The van der Waals surface area contributed by atoms with E-state index in [1.807, 2.05) is 0 Å². The lowest BCUT2D eigenvalue weighted by Crippen LogP contribution is -2.28. The molecule has 0 amide bonds. The molecule has 0 spiro atoms. The summed E-state index contributed by atoms with van der Waals surface area (Å²) in [5.74, 6) is 2.00. The van der Waals surface area contributed by atoms with Gasteiger partial charge < -0.3 is 9.84 Å². The topological polar surface area (TPSA) is 38.1 Å². The molecule has 1 aromatic rings. The highest BCUT2D eigenvalue weighted by Gasteiger charge is 2.22. The fourth-order valence-electron chi connectivity index (χ4n) is 2.96. The lowest BCUT2D eigenvalue weighted by Gasteiger charge is -2.22. The Bertz CT molecular complexity index is 353. The monoisotopic (exact) mass is 220 g/mol. The van der Waals surface area contributed by atoms with Crippen LogP contribution in [0.15, 0.2) is 4.52 Å². The van der Waals surface area contributed by atoms with Crippen molar-refractivity contribution in [2.24, 2.45) is 5.92 Å². The Morgan fingerprint density at radius 3 is 2.88 bits per heavy atom. The van der Waals surface area contributed by atoms with Crippen LogP contribution < -0.4 is 5.32 Å². The normalized spacial score (nSPS) is 22.0. The average molecular weight is 220 g/mol. The predicted molar refractivity (Wildman–Crippen MR) is 62.4 cm³/mol. The molecule has 0 atom stereocenters. The molecule has 0 unspecified atom stereocenters. The van der Waals surface area contributed by atoms with Gasteiger partial charge in [0.25, 0.3) is 0 Å². The van der Waals surface area contributed by atoms with Gasteiger partial charge in [-0.05, 0) is 57.5 Å². The quantitative estimate of drug-likeness (QED) is 0.829. The molecule has 1 aromatic heterocycles. The summed E-state index contributed by atoms with van der Waals surface area (Å²) in [6.07, 6.45) is 8.61. The number of piperidine rings is 1. The van der Waals surface area contributed by atoms with Gasteiger partial charge in [-0.2, -0.15) is 0 Å². The van der Waals surface area contributed by atoms with Crippen LogP contribution in [0.25, 0.3) is 0 Å². The molecule has 1 fully saturated rings. The maximum atomic E-state index is 5.55. The van der Waals surface area contributed by atoms with Crippen molar-refractivity contribution in [1.82, 2.24) is 10.5 Å². The molecule has 2 aliphatic rings. The predicted octanol–water partition coefficient (Wildman–Crippen LogP) is 2.10. The van der Waals surface area contributed by atoms with E-state index >= 15 is 0 Å². The first-order valence-electron chi connectivity index (χ1n) is 6.60. The van der Waals surface area contributed by atoms with E-state index in [1.54, 1.807) is 0 Å². The largest absolute Gasteiger partial charge is 0.361 e. The van der Waals surface area contributed by atoms with Gasteiger partial charge in [0, 0.05) is 12.0 Å². The minimum absolute atomic E-state index is 0.806. The van der Waals surface area contributed by atoms with Gasteiger partial charge in [0.1, 0.15) is 5.76 Å². The van der Waals surface area contributed by atoms with E-state index in [0.717, 1.165) is 18.8 Å². The van der Waals surface area contributed by atoms with E-state index in [2.05, 4.69) is 10.5 Å². The van der Waals surface area contributed by atoms with Crippen LogP contribution in [-0.4, -0.2) is 18.2 Å². The number of nitrogens with zero attached hydrogens (tertiary/aromatic N) is 1. The molecule has 1 aliphatic carbocycles. The number of hydrogen-bond donors (Lipinski definition) is 1. The van der Waals surface area contributed by atoms with Gasteiger partial charge in [0.05, 0.1) is 5.69 Å². The van der Waals surface area contributed by atoms with Crippen LogP contribution in [0.2, 0.25) is 0 Å². The number of aryl methyl sites for hydroxylation is 1. The molecule has 0 saturated carbocycles. The van der Waals surface area contributed by atoms with Crippen molar-refractivity contribution >= 4 is 0 Å². The summed E-state index contributed by atoms with van der Waals surface area (Å²) in [6.45, 7) is 2.34. The van der Waals surface area contributed by atoms with Crippen LogP contribution in [-0.2, 0) is 19.3 Å². The summed E-state index contributed by atoms with van der Waals surface area (Å²) >= 11 is 0. The molecule has 0 radical (unpaired) electrons. The third-order valence-electron chi connectivity index (χ3n) is 3.97. The second-order valence-corrected chi connectivity index (χ2v) is 5.14. The van der Waals surface area contributed by atoms with E-state index in [9.17, 15) is 0 Å².